The van der Waals surface area contributed by atoms with Crippen LogP contribution < -0.4 is 5.32 Å². The van der Waals surface area contributed by atoms with Crippen LogP contribution in [0.1, 0.15) is 56.2 Å². The van der Waals surface area contributed by atoms with E-state index >= 15 is 0 Å². The van der Waals surface area contributed by atoms with Gasteiger partial charge < -0.3 is 14.6 Å². The molecule has 0 atom stereocenters. The monoisotopic (exact) mass is 505 g/mol. The Hall–Kier alpha value is -3.10. The maximum Gasteiger partial charge on any atom is 0.341 e. The number of carbonyl (C=O) groups is 2. The molecule has 1 aliphatic heterocycles. The van der Waals surface area contributed by atoms with Crippen LogP contribution in [0.25, 0.3) is 11.1 Å². The number of ether oxygens (including phenoxy) is 1. The fourth-order valence-corrected chi connectivity index (χ4v) is 6.95. The van der Waals surface area contributed by atoms with E-state index in [9.17, 15) is 9.59 Å². The fraction of sp³-hybridized carbons (Fsp3) is 0.296. The van der Waals surface area contributed by atoms with Gasteiger partial charge in [0.15, 0.2) is 5.17 Å². The molecule has 0 saturated carbocycles. The number of hydrogen-bond donors (Lipinski definition) is 1. The number of amides is 1. The molecule has 3 heterocycles. The molecule has 0 unspecified atom stereocenters. The van der Waals surface area contributed by atoms with Crippen molar-refractivity contribution >= 4 is 51.9 Å². The lowest BCUT2D eigenvalue weighted by molar-refractivity contribution is -0.115. The number of esters is 1. The summed E-state index contributed by atoms with van der Waals surface area (Å²) in [6.07, 6.45) is 6.05. The fourth-order valence-electron chi connectivity index (χ4n) is 4.63. The molecule has 180 valence electrons. The molecule has 8 heteroatoms. The van der Waals surface area contributed by atoms with Crippen molar-refractivity contribution in [1.29, 1.82) is 0 Å². The lowest BCUT2D eigenvalue weighted by atomic mass is 9.95. The number of benzene rings is 1. The van der Waals surface area contributed by atoms with Crippen molar-refractivity contribution in [1.82, 2.24) is 9.88 Å². The molecule has 35 heavy (non-hydrogen) atoms. The zero-order valence-electron chi connectivity index (χ0n) is 20.2. The third kappa shape index (κ3) is 4.48. The number of carbonyl (C=O) groups excluding carboxylic acids is 2. The van der Waals surface area contributed by atoms with E-state index in [0.717, 1.165) is 64.4 Å². The molecule has 1 amide bonds. The van der Waals surface area contributed by atoms with Crippen molar-refractivity contribution in [3.63, 3.8) is 0 Å². The van der Waals surface area contributed by atoms with E-state index in [4.69, 9.17) is 4.74 Å². The summed E-state index contributed by atoms with van der Waals surface area (Å²) in [6.45, 7) is 6.08. The molecule has 3 aromatic rings. The quantitative estimate of drug-likeness (QED) is 0.348. The Morgan fingerprint density at radius 3 is 2.63 bits per heavy atom. The number of nitrogens with zero attached hydrogens (tertiary/aromatic N) is 2. The smallest absolute Gasteiger partial charge is 0.341 e. The molecule has 2 aromatic heterocycles. The van der Waals surface area contributed by atoms with Gasteiger partial charge in [0.1, 0.15) is 5.00 Å². The Bertz CT molecular complexity index is 1390. The molecule has 1 aromatic carbocycles. The highest BCUT2D eigenvalue weighted by molar-refractivity contribution is 8.18. The van der Waals surface area contributed by atoms with Gasteiger partial charge in [-0.3, -0.25) is 4.79 Å². The van der Waals surface area contributed by atoms with Crippen molar-refractivity contribution in [3.05, 3.63) is 73.8 Å². The summed E-state index contributed by atoms with van der Waals surface area (Å²) in [4.78, 5) is 31.9. The van der Waals surface area contributed by atoms with Crippen LogP contribution in [-0.2, 0) is 22.4 Å². The number of thiophene rings is 1. The van der Waals surface area contributed by atoms with Crippen LogP contribution in [0.4, 0.5) is 5.69 Å². The number of aromatic nitrogens is 1. The van der Waals surface area contributed by atoms with Gasteiger partial charge in [-0.15, -0.1) is 11.3 Å². The van der Waals surface area contributed by atoms with E-state index in [1.165, 1.54) is 23.7 Å². The first-order valence-corrected chi connectivity index (χ1v) is 13.3. The van der Waals surface area contributed by atoms with Crippen LogP contribution in [0.2, 0.25) is 0 Å². The average molecular weight is 506 g/mol. The normalized spacial score (nSPS) is 17.7. The molecule has 1 saturated heterocycles. The van der Waals surface area contributed by atoms with Crippen LogP contribution in [-0.4, -0.2) is 28.7 Å². The predicted octanol–water partition coefficient (Wildman–Crippen LogP) is 6.02. The molecule has 1 N–H and O–H groups in total. The van der Waals surface area contributed by atoms with Crippen LogP contribution >= 0.6 is 23.1 Å². The molecular weight excluding hydrogens is 478 g/mol. The number of aliphatic imine (C=N–C) groups is 1. The van der Waals surface area contributed by atoms with Gasteiger partial charge in [0.25, 0.3) is 5.91 Å². The Morgan fingerprint density at radius 2 is 1.89 bits per heavy atom. The minimum atomic E-state index is -0.283. The highest BCUT2D eigenvalue weighted by atomic mass is 32.2. The van der Waals surface area contributed by atoms with Gasteiger partial charge >= 0.3 is 5.97 Å². The van der Waals surface area contributed by atoms with Crippen molar-refractivity contribution in [2.45, 2.75) is 46.5 Å². The number of thioether (sulfide) groups is 1. The molecule has 6 nitrogen and oxygen atoms in total. The van der Waals surface area contributed by atoms with Gasteiger partial charge in [0.2, 0.25) is 0 Å². The van der Waals surface area contributed by atoms with Crippen LogP contribution in [0, 0.1) is 20.8 Å². The third-order valence-corrected chi connectivity index (χ3v) is 8.60. The average Bonchev–Trinajstić information content (AvgIpc) is 3.47. The van der Waals surface area contributed by atoms with E-state index in [1.54, 1.807) is 11.3 Å². The summed E-state index contributed by atoms with van der Waals surface area (Å²) >= 11 is 3.02. The van der Waals surface area contributed by atoms with Crippen molar-refractivity contribution in [2.24, 2.45) is 4.99 Å². The van der Waals surface area contributed by atoms with E-state index in [2.05, 4.69) is 20.9 Å². The number of methoxy groups -OCH3 is 1. The van der Waals surface area contributed by atoms with Gasteiger partial charge in [-0.25, -0.2) is 9.79 Å². The topological polar surface area (TPSA) is 72.7 Å². The molecule has 0 spiro atoms. The van der Waals surface area contributed by atoms with Gasteiger partial charge in [-0.1, -0.05) is 17.7 Å². The lowest BCUT2D eigenvalue weighted by Gasteiger charge is -2.12. The molecule has 1 aliphatic carbocycles. The SMILES string of the molecule is COC(=O)c1c(-n2c(C)cc(/C=C3\SC(=Nc4ccc(C)cc4)NC3=O)c2C)sc2c1CCCC2. The van der Waals surface area contributed by atoms with E-state index in [-0.39, 0.29) is 11.9 Å². The maximum absolute atomic E-state index is 12.8. The number of aryl methyl sites for hydroxylation is 3. The minimum absolute atomic E-state index is 0.160. The Labute approximate surface area is 213 Å². The molecule has 1 fully saturated rings. The highest BCUT2D eigenvalue weighted by Crippen LogP contribution is 2.39. The maximum atomic E-state index is 12.8. The van der Waals surface area contributed by atoms with Crippen LogP contribution in [0.3, 0.4) is 0 Å². The first-order chi connectivity index (χ1) is 16.9. The lowest BCUT2D eigenvalue weighted by Crippen LogP contribution is -2.19. The van der Waals surface area contributed by atoms with Crippen molar-refractivity contribution < 1.29 is 14.3 Å². The predicted molar refractivity (Wildman–Crippen MR) is 143 cm³/mol. The third-order valence-electron chi connectivity index (χ3n) is 6.42. The Morgan fingerprint density at radius 1 is 1.14 bits per heavy atom. The number of fused-ring (bicyclic) bond motifs is 1. The zero-order chi connectivity index (χ0) is 24.7. The highest BCUT2D eigenvalue weighted by Gasteiger charge is 2.29. The van der Waals surface area contributed by atoms with E-state index < -0.39 is 0 Å². The second-order valence-corrected chi connectivity index (χ2v) is 11.0. The van der Waals surface area contributed by atoms with E-state index in [0.29, 0.717) is 15.6 Å². The van der Waals surface area contributed by atoms with Crippen molar-refractivity contribution in [2.75, 3.05) is 7.11 Å². The summed E-state index contributed by atoms with van der Waals surface area (Å²) in [5.41, 5.74) is 6.72. The van der Waals surface area contributed by atoms with Crippen LogP contribution in [0.15, 0.2) is 40.2 Å². The number of hydrogen-bond acceptors (Lipinski definition) is 6. The van der Waals surface area contributed by atoms with Gasteiger partial charge in [0, 0.05) is 16.3 Å². The summed E-state index contributed by atoms with van der Waals surface area (Å²) in [5, 5.41) is 4.34. The summed E-state index contributed by atoms with van der Waals surface area (Å²) in [5.74, 6) is -0.443. The molecule has 0 bridgehead atoms. The van der Waals surface area contributed by atoms with Gasteiger partial charge in [0.05, 0.1) is 23.3 Å². The zero-order valence-corrected chi connectivity index (χ0v) is 21.9. The van der Waals surface area contributed by atoms with Gasteiger partial charge in [-0.05, 0) is 93.6 Å². The molecule has 5 rings (SSSR count). The Kier molecular flexibility index (Phi) is 6.42. The number of rotatable bonds is 4. The second kappa shape index (κ2) is 9.51. The first-order valence-electron chi connectivity index (χ1n) is 11.6. The summed E-state index contributed by atoms with van der Waals surface area (Å²) < 4.78 is 7.30. The summed E-state index contributed by atoms with van der Waals surface area (Å²) in [7, 11) is 1.44. The molecular formula is C27H27N3O3S2. The van der Waals surface area contributed by atoms with E-state index in [1.807, 2.05) is 51.1 Å². The van der Waals surface area contributed by atoms with Crippen LogP contribution in [0.5, 0.6) is 0 Å². The minimum Gasteiger partial charge on any atom is -0.465 e. The molecule has 2 aliphatic rings. The largest absolute Gasteiger partial charge is 0.465 e. The molecule has 0 radical (unpaired) electrons. The Balaban J connectivity index is 1.50. The van der Waals surface area contributed by atoms with Gasteiger partial charge in [-0.2, -0.15) is 0 Å². The summed E-state index contributed by atoms with van der Waals surface area (Å²) in [6, 6.07) is 9.92. The second-order valence-electron chi connectivity index (χ2n) is 8.86. The number of nitrogens with one attached hydrogen (secondary N) is 1. The first kappa shape index (κ1) is 23.6. The van der Waals surface area contributed by atoms with Crippen molar-refractivity contribution in [3.8, 4) is 5.00 Å². The number of amidine groups is 1. The standard InChI is InChI=1S/C27H27N3O3S2/c1-15-9-11-19(12-10-15)28-27-29-24(31)22(35-27)14-18-13-16(2)30(17(18)3)25-23(26(32)33-4)20-7-5-6-8-21(20)34-25/h9-14H,5-8H2,1-4H3,(H,28,29,31)/b22-14-.